The number of aryl methyl sites for hydroxylation is 2. The van der Waals surface area contributed by atoms with Gasteiger partial charge < -0.3 is 5.32 Å². The Morgan fingerprint density at radius 2 is 2.11 bits per heavy atom. The van der Waals surface area contributed by atoms with Gasteiger partial charge in [0.15, 0.2) is 0 Å². The lowest BCUT2D eigenvalue weighted by molar-refractivity contribution is 0.605. The Bertz CT molecular complexity index is 538. The van der Waals surface area contributed by atoms with E-state index in [9.17, 15) is 0 Å². The van der Waals surface area contributed by atoms with Crippen LogP contribution in [-0.4, -0.2) is 11.0 Å². The number of rotatable bonds is 4. The van der Waals surface area contributed by atoms with Crippen molar-refractivity contribution in [3.8, 4) is 0 Å². The van der Waals surface area contributed by atoms with Crippen LogP contribution in [0.2, 0.25) is 0 Å². The van der Waals surface area contributed by atoms with E-state index in [1.807, 2.05) is 11.3 Å². The Morgan fingerprint density at radius 3 is 2.61 bits per heavy atom. The number of nitrogens with one attached hydrogen (secondary N) is 1. The lowest BCUT2D eigenvalue weighted by Gasteiger charge is -2.14. The van der Waals surface area contributed by atoms with E-state index >= 15 is 0 Å². The third-order valence-electron chi connectivity index (χ3n) is 3.15. The van der Waals surface area contributed by atoms with Crippen molar-refractivity contribution in [3.05, 3.63) is 36.4 Å². The highest BCUT2D eigenvalue weighted by molar-refractivity contribution is 9.11. The van der Waals surface area contributed by atoms with Gasteiger partial charge in [-0.3, -0.25) is 0 Å². The molecule has 0 spiro atoms. The third-order valence-corrected chi connectivity index (χ3v) is 5.98. The van der Waals surface area contributed by atoms with Gasteiger partial charge in [0.25, 0.3) is 0 Å². The van der Waals surface area contributed by atoms with Crippen LogP contribution in [0.5, 0.6) is 0 Å². The largest absolute Gasteiger partial charge is 0.301 e. The first-order chi connectivity index (χ1) is 8.63. The van der Waals surface area contributed by atoms with E-state index in [0.717, 1.165) is 5.69 Å². The molecule has 1 aliphatic rings. The minimum Gasteiger partial charge on any atom is -0.301 e. The van der Waals surface area contributed by atoms with Crippen molar-refractivity contribution < 1.29 is 0 Å². The second kappa shape index (κ2) is 5.04. The van der Waals surface area contributed by atoms with Crippen LogP contribution in [0.15, 0.2) is 15.9 Å². The van der Waals surface area contributed by atoms with E-state index in [4.69, 9.17) is 4.98 Å². The van der Waals surface area contributed by atoms with Gasteiger partial charge in [0.05, 0.1) is 15.5 Å². The van der Waals surface area contributed by atoms with Gasteiger partial charge in [-0.25, -0.2) is 4.98 Å². The molecular formula is C13H15BrN2S2. The first kappa shape index (κ1) is 12.8. The van der Waals surface area contributed by atoms with Crippen molar-refractivity contribution >= 4 is 38.6 Å². The summed E-state index contributed by atoms with van der Waals surface area (Å²) in [4.78, 5) is 7.40. The normalized spacial score (nSPS) is 17.1. The summed E-state index contributed by atoms with van der Waals surface area (Å²) in [5.74, 6) is 0. The Balaban J connectivity index is 1.93. The monoisotopic (exact) mass is 342 g/mol. The number of aromatic nitrogens is 1. The molecule has 3 rings (SSSR count). The van der Waals surface area contributed by atoms with Crippen molar-refractivity contribution in [1.82, 2.24) is 10.3 Å². The zero-order valence-corrected chi connectivity index (χ0v) is 13.6. The fourth-order valence-electron chi connectivity index (χ4n) is 1.87. The quantitative estimate of drug-likeness (QED) is 0.889. The maximum absolute atomic E-state index is 4.72. The molecular weight excluding hydrogens is 328 g/mol. The summed E-state index contributed by atoms with van der Waals surface area (Å²) >= 11 is 7.16. The zero-order valence-electron chi connectivity index (χ0n) is 10.4. The zero-order chi connectivity index (χ0) is 12.7. The molecule has 1 unspecified atom stereocenters. The lowest BCUT2D eigenvalue weighted by atomic mass is 10.2. The number of thiazole rings is 1. The molecule has 2 nitrogen and oxygen atoms in total. The van der Waals surface area contributed by atoms with Gasteiger partial charge in [-0.1, -0.05) is 0 Å². The summed E-state index contributed by atoms with van der Waals surface area (Å²) in [6, 6.07) is 5.27. The fraction of sp³-hybridized carbons (Fsp3) is 0.462. The molecule has 5 heteroatoms. The fourth-order valence-corrected chi connectivity index (χ4v) is 4.43. The number of nitrogens with zero attached hydrogens (tertiary/aromatic N) is 1. The van der Waals surface area contributed by atoms with Crippen molar-refractivity contribution in [1.29, 1.82) is 0 Å². The lowest BCUT2D eigenvalue weighted by Crippen LogP contribution is -2.23. The van der Waals surface area contributed by atoms with Crippen LogP contribution in [0.4, 0.5) is 0 Å². The molecule has 0 bridgehead atoms. The number of hydrogen-bond acceptors (Lipinski definition) is 4. The molecule has 1 aliphatic carbocycles. The second-order valence-corrected chi connectivity index (χ2v) is 8.44. The summed E-state index contributed by atoms with van der Waals surface area (Å²) in [6.45, 7) is 4.24. The van der Waals surface area contributed by atoms with Crippen LogP contribution >= 0.6 is 38.6 Å². The van der Waals surface area contributed by atoms with Gasteiger partial charge >= 0.3 is 0 Å². The standard InChI is InChI=1S/C13H15BrN2S2/c1-7-8(2)17-13(15-7)12(16-9-3-4-9)10-5-6-11(14)18-10/h5-6,9,12,16H,3-4H2,1-2H3. The molecule has 18 heavy (non-hydrogen) atoms. The molecule has 2 aromatic heterocycles. The molecule has 0 aromatic carbocycles. The minimum atomic E-state index is 0.270. The van der Waals surface area contributed by atoms with E-state index in [2.05, 4.69) is 47.2 Å². The van der Waals surface area contributed by atoms with Gasteiger partial charge in [0.1, 0.15) is 5.01 Å². The Kier molecular flexibility index (Phi) is 3.58. The van der Waals surface area contributed by atoms with Crippen LogP contribution in [0.1, 0.15) is 39.3 Å². The van der Waals surface area contributed by atoms with Crippen molar-refractivity contribution in [3.63, 3.8) is 0 Å². The van der Waals surface area contributed by atoms with Crippen molar-refractivity contribution in [2.75, 3.05) is 0 Å². The predicted molar refractivity (Wildman–Crippen MR) is 81.6 cm³/mol. The Hall–Kier alpha value is -0.230. The van der Waals surface area contributed by atoms with Crippen LogP contribution in [0.25, 0.3) is 0 Å². The molecule has 1 atom stereocenters. The summed E-state index contributed by atoms with van der Waals surface area (Å²) in [5, 5.41) is 4.92. The molecule has 0 aliphatic heterocycles. The van der Waals surface area contributed by atoms with E-state index < -0.39 is 0 Å². The topological polar surface area (TPSA) is 24.9 Å². The second-order valence-electron chi connectivity index (χ2n) is 4.71. The van der Waals surface area contributed by atoms with Crippen LogP contribution in [-0.2, 0) is 0 Å². The minimum absolute atomic E-state index is 0.270. The number of thiophene rings is 1. The highest BCUT2D eigenvalue weighted by Gasteiger charge is 2.29. The average Bonchev–Trinajstić information content (AvgIpc) is 2.96. The molecule has 1 N–H and O–H groups in total. The van der Waals surface area contributed by atoms with Crippen LogP contribution in [0.3, 0.4) is 0 Å². The van der Waals surface area contributed by atoms with Gasteiger partial charge in [-0.15, -0.1) is 22.7 Å². The maximum Gasteiger partial charge on any atom is 0.115 e. The molecule has 0 amide bonds. The summed E-state index contributed by atoms with van der Waals surface area (Å²) in [7, 11) is 0. The molecule has 0 saturated heterocycles. The summed E-state index contributed by atoms with van der Waals surface area (Å²) in [5.41, 5.74) is 1.16. The van der Waals surface area contributed by atoms with Crippen molar-refractivity contribution in [2.45, 2.75) is 38.8 Å². The molecule has 2 aromatic rings. The first-order valence-electron chi connectivity index (χ1n) is 6.08. The van der Waals surface area contributed by atoms with Gasteiger partial charge in [0, 0.05) is 15.8 Å². The average molecular weight is 343 g/mol. The van der Waals surface area contributed by atoms with Crippen molar-refractivity contribution in [2.24, 2.45) is 0 Å². The number of hydrogen-bond donors (Lipinski definition) is 1. The Morgan fingerprint density at radius 1 is 1.33 bits per heavy atom. The van der Waals surface area contributed by atoms with E-state index in [0.29, 0.717) is 6.04 Å². The molecule has 1 fully saturated rings. The molecule has 0 radical (unpaired) electrons. The van der Waals surface area contributed by atoms with E-state index in [-0.39, 0.29) is 6.04 Å². The number of halogens is 1. The molecule has 96 valence electrons. The summed E-state index contributed by atoms with van der Waals surface area (Å²) < 4.78 is 1.19. The SMILES string of the molecule is Cc1nc(C(NC2CC2)c2ccc(Br)s2)sc1C. The summed E-state index contributed by atoms with van der Waals surface area (Å²) in [6.07, 6.45) is 2.60. The van der Waals surface area contributed by atoms with Gasteiger partial charge in [-0.05, 0) is 54.8 Å². The first-order valence-corrected chi connectivity index (χ1v) is 8.51. The predicted octanol–water partition coefficient (Wildman–Crippen LogP) is 4.43. The van der Waals surface area contributed by atoms with E-state index in [1.165, 1.54) is 31.4 Å². The van der Waals surface area contributed by atoms with Crippen LogP contribution in [0, 0.1) is 13.8 Å². The van der Waals surface area contributed by atoms with Gasteiger partial charge in [-0.2, -0.15) is 0 Å². The highest BCUT2D eigenvalue weighted by atomic mass is 79.9. The smallest absolute Gasteiger partial charge is 0.115 e. The molecule has 1 saturated carbocycles. The van der Waals surface area contributed by atoms with E-state index in [1.54, 1.807) is 11.3 Å². The highest BCUT2D eigenvalue weighted by Crippen LogP contribution is 2.36. The third kappa shape index (κ3) is 2.69. The van der Waals surface area contributed by atoms with Gasteiger partial charge in [0.2, 0.25) is 0 Å². The van der Waals surface area contributed by atoms with Crippen LogP contribution < -0.4 is 5.32 Å². The molecule has 2 heterocycles. The Labute approximate surface area is 124 Å². The maximum atomic E-state index is 4.72.